The van der Waals surface area contributed by atoms with E-state index in [1.807, 2.05) is 6.07 Å². The van der Waals surface area contributed by atoms with Gasteiger partial charge in [-0.15, -0.1) is 0 Å². The summed E-state index contributed by atoms with van der Waals surface area (Å²) in [6.07, 6.45) is 3.94. The number of rotatable bonds is 2. The Bertz CT molecular complexity index is 972. The average molecular weight is 392 g/mol. The molecule has 5 aliphatic rings. The summed E-state index contributed by atoms with van der Waals surface area (Å²) in [5, 5.41) is 0. The molecule has 3 atom stereocenters. The first kappa shape index (κ1) is 17.1. The fraction of sp³-hybridized carbons (Fsp3) is 0.455. The molecule has 29 heavy (non-hydrogen) atoms. The molecule has 5 aliphatic heterocycles. The number of aromatic nitrogens is 1. The molecule has 7 heteroatoms. The molecule has 4 saturated heterocycles. The SMILES string of the molecule is Nc1cc(C(=O)N2C[C@H](c3ccc4c(c3)OCO4)[C@H]3[C@@H]2C2CCN3CC2)ccn1. The Morgan fingerprint density at radius 3 is 2.72 bits per heavy atom. The van der Waals surface area contributed by atoms with E-state index in [1.54, 1.807) is 18.3 Å². The number of fused-ring (bicyclic) bond motifs is 3. The van der Waals surface area contributed by atoms with Crippen LogP contribution in [0.3, 0.4) is 0 Å². The number of nitrogen functional groups attached to an aromatic ring is 1. The molecule has 0 radical (unpaired) electrons. The highest BCUT2D eigenvalue weighted by atomic mass is 16.7. The van der Waals surface area contributed by atoms with Gasteiger partial charge in [-0.1, -0.05) is 6.07 Å². The van der Waals surface area contributed by atoms with Gasteiger partial charge in [-0.3, -0.25) is 9.69 Å². The van der Waals surface area contributed by atoms with E-state index in [0.29, 0.717) is 29.9 Å². The number of hydrogen-bond acceptors (Lipinski definition) is 6. The first-order chi connectivity index (χ1) is 14.2. The summed E-state index contributed by atoms with van der Waals surface area (Å²) in [4.78, 5) is 22.2. The zero-order valence-corrected chi connectivity index (χ0v) is 16.2. The average Bonchev–Trinajstić information content (AvgIpc) is 3.39. The molecule has 1 aromatic carbocycles. The van der Waals surface area contributed by atoms with Crippen LogP contribution in [0.2, 0.25) is 0 Å². The Labute approximate surface area is 169 Å². The first-order valence-electron chi connectivity index (χ1n) is 10.3. The number of anilines is 1. The molecular weight excluding hydrogens is 368 g/mol. The number of nitrogens with zero attached hydrogens (tertiary/aromatic N) is 3. The number of ether oxygens (including phenoxy) is 2. The molecule has 0 aliphatic carbocycles. The molecule has 7 rings (SSSR count). The van der Waals surface area contributed by atoms with E-state index in [0.717, 1.165) is 37.4 Å². The Morgan fingerprint density at radius 2 is 1.90 bits per heavy atom. The summed E-state index contributed by atoms with van der Waals surface area (Å²) in [5.41, 5.74) is 7.69. The lowest BCUT2D eigenvalue weighted by atomic mass is 9.75. The maximum atomic E-state index is 13.5. The molecule has 2 N–H and O–H groups in total. The van der Waals surface area contributed by atoms with Gasteiger partial charge < -0.3 is 20.1 Å². The van der Waals surface area contributed by atoms with Crippen molar-refractivity contribution in [1.82, 2.24) is 14.8 Å². The standard InChI is InChI=1S/C22H24N4O3/c23-19-10-15(3-6-24-19)22(27)26-11-16(14-1-2-17-18(9-14)29-12-28-17)21-20(26)13-4-7-25(21)8-5-13/h1-3,6,9-10,13,16,20-21H,4-5,7-8,11-12H2,(H2,23,24)/t16-,20+,21+/m1/s1. The lowest BCUT2D eigenvalue weighted by Crippen LogP contribution is -2.60. The van der Waals surface area contributed by atoms with Crippen LogP contribution in [0.1, 0.15) is 34.7 Å². The van der Waals surface area contributed by atoms with E-state index in [9.17, 15) is 4.79 Å². The fourth-order valence-corrected chi connectivity index (χ4v) is 5.84. The van der Waals surface area contributed by atoms with E-state index in [1.165, 1.54) is 5.56 Å². The van der Waals surface area contributed by atoms with E-state index in [-0.39, 0.29) is 24.7 Å². The van der Waals surface area contributed by atoms with Crippen molar-refractivity contribution in [2.45, 2.75) is 30.8 Å². The lowest BCUT2D eigenvalue weighted by molar-refractivity contribution is -0.00341. The molecule has 6 heterocycles. The minimum Gasteiger partial charge on any atom is -0.454 e. The highest BCUT2D eigenvalue weighted by Crippen LogP contribution is 2.48. The minimum atomic E-state index is 0.0612. The molecule has 150 valence electrons. The molecule has 0 unspecified atom stereocenters. The van der Waals surface area contributed by atoms with Crippen LogP contribution in [-0.2, 0) is 0 Å². The second-order valence-electron chi connectivity index (χ2n) is 8.50. The quantitative estimate of drug-likeness (QED) is 0.843. The zero-order valence-electron chi connectivity index (χ0n) is 16.2. The van der Waals surface area contributed by atoms with Crippen molar-refractivity contribution in [3.63, 3.8) is 0 Å². The predicted octanol–water partition coefficient (Wildman–Crippen LogP) is 2.09. The Hall–Kier alpha value is -2.80. The first-order valence-corrected chi connectivity index (χ1v) is 10.3. The van der Waals surface area contributed by atoms with Gasteiger partial charge in [-0.05, 0) is 61.7 Å². The van der Waals surface area contributed by atoms with Gasteiger partial charge in [0.2, 0.25) is 6.79 Å². The number of hydrogen-bond donors (Lipinski definition) is 1. The summed E-state index contributed by atoms with van der Waals surface area (Å²) in [5.74, 6) is 2.88. The highest BCUT2D eigenvalue weighted by molar-refractivity contribution is 5.95. The summed E-state index contributed by atoms with van der Waals surface area (Å²) in [6, 6.07) is 10.3. The second-order valence-corrected chi connectivity index (χ2v) is 8.50. The highest BCUT2D eigenvalue weighted by Gasteiger charge is 2.54. The van der Waals surface area contributed by atoms with Crippen LogP contribution in [-0.4, -0.2) is 59.2 Å². The molecule has 2 bridgehead atoms. The maximum absolute atomic E-state index is 13.5. The molecule has 7 nitrogen and oxygen atoms in total. The van der Waals surface area contributed by atoms with Gasteiger partial charge in [0.25, 0.3) is 5.91 Å². The molecule has 2 aromatic rings. The minimum absolute atomic E-state index is 0.0612. The number of nitrogens with two attached hydrogens (primary N) is 1. The number of likely N-dealkylation sites (tertiary alicyclic amines) is 1. The number of benzene rings is 1. The van der Waals surface area contributed by atoms with Crippen molar-refractivity contribution in [2.75, 3.05) is 32.2 Å². The van der Waals surface area contributed by atoms with Crippen LogP contribution < -0.4 is 15.2 Å². The number of carbonyl (C=O) groups excluding carboxylic acids is 1. The van der Waals surface area contributed by atoms with Crippen LogP contribution in [0, 0.1) is 5.92 Å². The van der Waals surface area contributed by atoms with Crippen molar-refractivity contribution in [3.05, 3.63) is 47.7 Å². The van der Waals surface area contributed by atoms with Crippen LogP contribution >= 0.6 is 0 Å². The smallest absolute Gasteiger partial charge is 0.254 e. The third-order valence-electron chi connectivity index (χ3n) is 7.11. The lowest BCUT2D eigenvalue weighted by Gasteiger charge is -2.51. The van der Waals surface area contributed by atoms with E-state index >= 15 is 0 Å². The van der Waals surface area contributed by atoms with Crippen molar-refractivity contribution in [2.24, 2.45) is 5.92 Å². The van der Waals surface area contributed by atoms with Crippen molar-refractivity contribution >= 4 is 11.7 Å². The van der Waals surface area contributed by atoms with Gasteiger partial charge in [0, 0.05) is 30.3 Å². The molecule has 0 spiro atoms. The molecule has 4 fully saturated rings. The largest absolute Gasteiger partial charge is 0.454 e. The van der Waals surface area contributed by atoms with Gasteiger partial charge in [0.1, 0.15) is 5.82 Å². The van der Waals surface area contributed by atoms with E-state index in [4.69, 9.17) is 15.2 Å². The number of carbonyl (C=O) groups is 1. The van der Waals surface area contributed by atoms with Crippen LogP contribution in [0.4, 0.5) is 5.82 Å². The zero-order chi connectivity index (χ0) is 19.5. The van der Waals surface area contributed by atoms with Crippen molar-refractivity contribution < 1.29 is 14.3 Å². The fourth-order valence-electron chi connectivity index (χ4n) is 5.84. The van der Waals surface area contributed by atoms with Gasteiger partial charge >= 0.3 is 0 Å². The van der Waals surface area contributed by atoms with Gasteiger partial charge in [0.05, 0.1) is 6.04 Å². The monoisotopic (exact) mass is 392 g/mol. The Balaban J connectivity index is 1.38. The molecule has 1 aromatic heterocycles. The van der Waals surface area contributed by atoms with Crippen LogP contribution in [0.5, 0.6) is 11.5 Å². The number of pyridine rings is 1. The Morgan fingerprint density at radius 1 is 1.07 bits per heavy atom. The summed E-state index contributed by atoms with van der Waals surface area (Å²) >= 11 is 0. The number of piperidine rings is 3. The molecule has 1 amide bonds. The second kappa shape index (κ2) is 6.35. The van der Waals surface area contributed by atoms with E-state index in [2.05, 4.69) is 26.9 Å². The van der Waals surface area contributed by atoms with Crippen LogP contribution in [0.15, 0.2) is 36.5 Å². The molecule has 0 saturated carbocycles. The number of amides is 1. The molecular formula is C22H24N4O3. The summed E-state index contributed by atoms with van der Waals surface area (Å²) < 4.78 is 11.1. The normalized spacial score (nSPS) is 31.7. The van der Waals surface area contributed by atoms with Gasteiger partial charge in [-0.2, -0.15) is 0 Å². The van der Waals surface area contributed by atoms with Gasteiger partial charge in [0.15, 0.2) is 11.5 Å². The van der Waals surface area contributed by atoms with Crippen molar-refractivity contribution in [3.8, 4) is 11.5 Å². The summed E-state index contributed by atoms with van der Waals surface area (Å²) in [6.45, 7) is 3.23. The summed E-state index contributed by atoms with van der Waals surface area (Å²) in [7, 11) is 0. The predicted molar refractivity (Wildman–Crippen MR) is 107 cm³/mol. The maximum Gasteiger partial charge on any atom is 0.254 e. The van der Waals surface area contributed by atoms with Gasteiger partial charge in [-0.25, -0.2) is 4.98 Å². The Kier molecular flexibility index (Phi) is 3.74. The third kappa shape index (κ3) is 2.60. The van der Waals surface area contributed by atoms with Crippen LogP contribution in [0.25, 0.3) is 0 Å². The topological polar surface area (TPSA) is 80.9 Å². The van der Waals surface area contributed by atoms with E-state index < -0.39 is 0 Å². The van der Waals surface area contributed by atoms with Crippen molar-refractivity contribution in [1.29, 1.82) is 0 Å². The third-order valence-corrected chi connectivity index (χ3v) is 7.11.